The van der Waals surface area contributed by atoms with Crippen molar-refractivity contribution < 1.29 is 14.4 Å². The van der Waals surface area contributed by atoms with Crippen LogP contribution in [-0.2, 0) is 9.59 Å². The maximum atomic E-state index is 12.0. The number of rotatable bonds is 6. The van der Waals surface area contributed by atoms with E-state index in [2.05, 4.69) is 21.5 Å². The molecule has 0 saturated heterocycles. The van der Waals surface area contributed by atoms with Crippen LogP contribution >= 0.6 is 35.0 Å². The summed E-state index contributed by atoms with van der Waals surface area (Å²) in [5.74, 6) is -0.978. The fourth-order valence-electron chi connectivity index (χ4n) is 1.96. The number of nitrogens with one attached hydrogen (secondary N) is 4. The van der Waals surface area contributed by atoms with Gasteiger partial charge in [0, 0.05) is 15.6 Å². The van der Waals surface area contributed by atoms with Gasteiger partial charge in [0.05, 0.1) is 10.8 Å². The molecule has 0 saturated carbocycles. The molecule has 148 valence electrons. The van der Waals surface area contributed by atoms with Crippen molar-refractivity contribution in [2.45, 2.75) is 17.9 Å². The van der Waals surface area contributed by atoms with Gasteiger partial charge in [0.25, 0.3) is 5.91 Å². The van der Waals surface area contributed by atoms with E-state index in [0.29, 0.717) is 20.6 Å². The normalized spacial score (nSPS) is 11.2. The molecule has 4 amide bonds. The smallest absolute Gasteiger partial charge is 0.319 e. The lowest BCUT2D eigenvalue weighted by Crippen LogP contribution is -2.52. The fourth-order valence-corrected chi connectivity index (χ4v) is 3.25. The van der Waals surface area contributed by atoms with Crippen molar-refractivity contribution in [2.75, 3.05) is 11.1 Å². The van der Waals surface area contributed by atoms with E-state index in [1.165, 1.54) is 18.7 Å². The molecule has 2 aromatic rings. The number of para-hydroxylation sites is 1. The molecular weight excluding hydrogens is 423 g/mol. The van der Waals surface area contributed by atoms with Crippen LogP contribution in [0.4, 0.5) is 10.5 Å². The summed E-state index contributed by atoms with van der Waals surface area (Å²) in [5, 5.41) is 6.06. The van der Waals surface area contributed by atoms with Crippen molar-refractivity contribution >= 4 is 58.5 Å². The van der Waals surface area contributed by atoms with Crippen molar-refractivity contribution in [1.29, 1.82) is 0 Å². The van der Waals surface area contributed by atoms with E-state index in [9.17, 15) is 14.4 Å². The Bertz CT molecular complexity index is 852. The predicted molar refractivity (Wildman–Crippen MR) is 112 cm³/mol. The Kier molecular flexibility index (Phi) is 8.43. The molecule has 0 heterocycles. The Morgan fingerprint density at radius 1 is 1.04 bits per heavy atom. The average Bonchev–Trinajstić information content (AvgIpc) is 2.67. The van der Waals surface area contributed by atoms with E-state index in [1.807, 2.05) is 6.07 Å². The zero-order valence-corrected chi connectivity index (χ0v) is 17.1. The van der Waals surface area contributed by atoms with Gasteiger partial charge in [-0.05, 0) is 37.3 Å². The summed E-state index contributed by atoms with van der Waals surface area (Å²) in [7, 11) is 0. The number of amides is 4. The van der Waals surface area contributed by atoms with Gasteiger partial charge in [-0.25, -0.2) is 4.79 Å². The van der Waals surface area contributed by atoms with E-state index in [-0.39, 0.29) is 5.75 Å². The third kappa shape index (κ3) is 7.30. The summed E-state index contributed by atoms with van der Waals surface area (Å²) in [6.07, 6.45) is 0. The van der Waals surface area contributed by atoms with Crippen LogP contribution in [0.25, 0.3) is 0 Å². The molecule has 0 radical (unpaired) electrons. The average molecular weight is 441 g/mol. The Morgan fingerprint density at radius 2 is 1.75 bits per heavy atom. The minimum Gasteiger partial charge on any atom is -0.326 e. The minimum absolute atomic E-state index is 0.0244. The summed E-state index contributed by atoms with van der Waals surface area (Å²) in [6, 6.07) is 12.3. The van der Waals surface area contributed by atoms with Gasteiger partial charge < -0.3 is 10.6 Å². The number of hydrogen-bond acceptors (Lipinski definition) is 4. The highest BCUT2D eigenvalue weighted by atomic mass is 35.5. The number of carbonyl (C=O) groups excluding carboxylic acids is 3. The molecule has 1 unspecified atom stereocenters. The monoisotopic (exact) mass is 440 g/mol. The summed E-state index contributed by atoms with van der Waals surface area (Å²) in [4.78, 5) is 36.4. The standard InChI is InChI=1S/C18H18Cl2N4O3S/c1-11(21-18(27)22-13-5-3-2-4-6-13)17(26)24-23-16(25)10-28-15-9-12(19)7-8-14(15)20/h2-9,11H,10H2,1H3,(H,23,25)(H,24,26)(H2,21,22,27). The van der Waals surface area contributed by atoms with E-state index < -0.39 is 23.9 Å². The highest BCUT2D eigenvalue weighted by Crippen LogP contribution is 2.29. The fraction of sp³-hybridized carbons (Fsp3) is 0.167. The Hall–Kier alpha value is -2.42. The quantitative estimate of drug-likeness (QED) is 0.408. The highest BCUT2D eigenvalue weighted by Gasteiger charge is 2.16. The van der Waals surface area contributed by atoms with Crippen molar-refractivity contribution in [3.63, 3.8) is 0 Å². The maximum Gasteiger partial charge on any atom is 0.319 e. The Morgan fingerprint density at radius 3 is 2.46 bits per heavy atom. The van der Waals surface area contributed by atoms with Gasteiger partial charge in [-0.3, -0.25) is 20.4 Å². The van der Waals surface area contributed by atoms with Crippen LogP contribution in [0.5, 0.6) is 0 Å². The molecule has 0 aliphatic carbocycles. The second-order valence-electron chi connectivity index (χ2n) is 5.59. The van der Waals surface area contributed by atoms with Gasteiger partial charge in [-0.15, -0.1) is 11.8 Å². The predicted octanol–water partition coefficient (Wildman–Crippen LogP) is 3.44. The number of urea groups is 1. The van der Waals surface area contributed by atoms with Gasteiger partial charge in [0.15, 0.2) is 0 Å². The van der Waals surface area contributed by atoms with Crippen molar-refractivity contribution in [1.82, 2.24) is 16.2 Å². The minimum atomic E-state index is -0.862. The van der Waals surface area contributed by atoms with Gasteiger partial charge >= 0.3 is 6.03 Å². The number of carbonyl (C=O) groups is 3. The first kappa shape index (κ1) is 21.9. The van der Waals surface area contributed by atoms with Crippen molar-refractivity contribution in [2.24, 2.45) is 0 Å². The van der Waals surface area contributed by atoms with Gasteiger partial charge in [-0.1, -0.05) is 41.4 Å². The van der Waals surface area contributed by atoms with Crippen molar-refractivity contribution in [3.05, 3.63) is 58.6 Å². The molecule has 0 aromatic heterocycles. The summed E-state index contributed by atoms with van der Waals surface area (Å²) in [5.41, 5.74) is 5.14. The van der Waals surface area contributed by atoms with Crippen molar-refractivity contribution in [3.8, 4) is 0 Å². The molecule has 0 fully saturated rings. The summed E-state index contributed by atoms with van der Waals surface area (Å²) >= 11 is 13.1. The van der Waals surface area contributed by atoms with Gasteiger partial charge in [-0.2, -0.15) is 0 Å². The van der Waals surface area contributed by atoms with Gasteiger partial charge in [0.1, 0.15) is 6.04 Å². The topological polar surface area (TPSA) is 99.3 Å². The molecule has 2 aromatic carbocycles. The number of hydrazine groups is 1. The number of benzene rings is 2. The van der Waals surface area contributed by atoms with Crippen LogP contribution in [0.2, 0.25) is 10.0 Å². The second-order valence-corrected chi connectivity index (χ2v) is 7.45. The third-order valence-corrected chi connectivity index (χ3v) is 5.08. The van der Waals surface area contributed by atoms with E-state index in [0.717, 1.165) is 0 Å². The molecule has 0 aliphatic rings. The number of halogens is 2. The maximum absolute atomic E-state index is 12.0. The summed E-state index contributed by atoms with van der Waals surface area (Å²) < 4.78 is 0. The zero-order valence-electron chi connectivity index (χ0n) is 14.8. The molecule has 1 atom stereocenters. The van der Waals surface area contributed by atoms with Crippen LogP contribution in [0.15, 0.2) is 53.4 Å². The Balaban J connectivity index is 1.72. The van der Waals surface area contributed by atoms with E-state index in [4.69, 9.17) is 23.2 Å². The van der Waals surface area contributed by atoms with E-state index in [1.54, 1.807) is 42.5 Å². The van der Waals surface area contributed by atoms with Crippen LogP contribution in [0.3, 0.4) is 0 Å². The number of hydrogen-bond donors (Lipinski definition) is 4. The first-order valence-electron chi connectivity index (χ1n) is 8.14. The molecule has 0 bridgehead atoms. The first-order chi connectivity index (χ1) is 13.3. The molecule has 2 rings (SSSR count). The van der Waals surface area contributed by atoms with Crippen LogP contribution in [0, 0.1) is 0 Å². The van der Waals surface area contributed by atoms with Crippen LogP contribution in [0.1, 0.15) is 6.92 Å². The largest absolute Gasteiger partial charge is 0.326 e. The highest BCUT2D eigenvalue weighted by molar-refractivity contribution is 8.00. The van der Waals surface area contributed by atoms with Crippen LogP contribution in [-0.4, -0.2) is 29.6 Å². The third-order valence-electron chi connectivity index (χ3n) is 3.35. The molecule has 28 heavy (non-hydrogen) atoms. The second kappa shape index (κ2) is 10.8. The zero-order chi connectivity index (χ0) is 20.5. The summed E-state index contributed by atoms with van der Waals surface area (Å²) in [6.45, 7) is 1.49. The number of anilines is 1. The molecule has 0 spiro atoms. The lowest BCUT2D eigenvalue weighted by atomic mass is 10.3. The molecule has 0 aliphatic heterocycles. The molecule has 7 nitrogen and oxygen atoms in total. The van der Waals surface area contributed by atoms with Crippen LogP contribution < -0.4 is 21.5 Å². The SMILES string of the molecule is CC(NC(=O)Nc1ccccc1)C(=O)NNC(=O)CSc1cc(Cl)ccc1Cl. The lowest BCUT2D eigenvalue weighted by molar-refractivity contribution is -0.128. The van der Waals surface area contributed by atoms with Gasteiger partial charge in [0.2, 0.25) is 5.91 Å². The lowest BCUT2D eigenvalue weighted by Gasteiger charge is -2.15. The molecule has 4 N–H and O–H groups in total. The van der Waals surface area contributed by atoms with E-state index >= 15 is 0 Å². The first-order valence-corrected chi connectivity index (χ1v) is 9.88. The molecular formula is C18H18Cl2N4O3S. The number of thioether (sulfide) groups is 1. The Labute approximate surface area is 176 Å². The molecule has 10 heteroatoms.